The zero-order valence-corrected chi connectivity index (χ0v) is 7.78. The molecule has 0 aromatic carbocycles. The number of aromatic nitrogens is 2. The monoisotopic (exact) mass is 193 g/mol. The molecule has 1 aromatic rings. The molecule has 5 heteroatoms. The van der Waals surface area contributed by atoms with Crippen LogP contribution in [0.15, 0.2) is 29.6 Å². The van der Waals surface area contributed by atoms with Crippen molar-refractivity contribution in [1.82, 2.24) is 15.5 Å². The molecule has 1 amide bonds. The van der Waals surface area contributed by atoms with Gasteiger partial charge in [0.05, 0.1) is 0 Å². The van der Waals surface area contributed by atoms with E-state index in [1.165, 1.54) is 12.1 Å². The minimum absolute atomic E-state index is 0.128. The van der Waals surface area contributed by atoms with Crippen LogP contribution in [0.2, 0.25) is 0 Å². The van der Waals surface area contributed by atoms with Crippen molar-refractivity contribution in [3.8, 4) is 0 Å². The first-order chi connectivity index (χ1) is 6.63. The highest BCUT2D eigenvalue weighted by Gasteiger charge is 2.08. The van der Waals surface area contributed by atoms with E-state index in [1.54, 1.807) is 13.0 Å². The molecule has 1 heterocycles. The summed E-state index contributed by atoms with van der Waals surface area (Å²) in [5.41, 5.74) is -0.156. The number of nitrogens with zero attached hydrogens (tertiary/aromatic N) is 1. The second-order valence-electron chi connectivity index (χ2n) is 2.80. The van der Waals surface area contributed by atoms with Crippen LogP contribution >= 0.6 is 0 Å². The standard InChI is InChI=1S/C9H11N3O2/c1-3-6(2)10-9(14)7-4-5-8(13)12-11-7/h3-6H,1H2,2H3,(H,10,14)(H,12,13). The summed E-state index contributed by atoms with van der Waals surface area (Å²) in [4.78, 5) is 22.0. The molecule has 0 aliphatic carbocycles. The Balaban J connectivity index is 2.75. The average Bonchev–Trinajstić information content (AvgIpc) is 2.18. The molecule has 0 spiro atoms. The van der Waals surface area contributed by atoms with Crippen LogP contribution in [0.25, 0.3) is 0 Å². The number of aromatic amines is 1. The minimum Gasteiger partial charge on any atom is -0.345 e. The summed E-state index contributed by atoms with van der Waals surface area (Å²) in [6, 6.07) is 2.49. The van der Waals surface area contributed by atoms with E-state index in [1.807, 2.05) is 0 Å². The fourth-order valence-corrected chi connectivity index (χ4v) is 0.811. The van der Waals surface area contributed by atoms with E-state index in [-0.39, 0.29) is 23.2 Å². The molecule has 0 bridgehead atoms. The van der Waals surface area contributed by atoms with E-state index < -0.39 is 0 Å². The van der Waals surface area contributed by atoms with E-state index >= 15 is 0 Å². The Bertz CT molecular complexity index is 377. The summed E-state index contributed by atoms with van der Waals surface area (Å²) in [5, 5.41) is 8.39. The zero-order chi connectivity index (χ0) is 10.6. The number of hydrogen-bond donors (Lipinski definition) is 2. The number of amides is 1. The molecule has 14 heavy (non-hydrogen) atoms. The Labute approximate surface area is 80.8 Å². The Morgan fingerprint density at radius 1 is 1.71 bits per heavy atom. The van der Waals surface area contributed by atoms with Gasteiger partial charge in [0.2, 0.25) is 0 Å². The van der Waals surface area contributed by atoms with Gasteiger partial charge in [-0.15, -0.1) is 6.58 Å². The first-order valence-corrected chi connectivity index (χ1v) is 4.12. The molecule has 1 aromatic heterocycles. The predicted molar refractivity (Wildman–Crippen MR) is 52.0 cm³/mol. The van der Waals surface area contributed by atoms with Crippen molar-refractivity contribution in [3.05, 3.63) is 40.8 Å². The van der Waals surface area contributed by atoms with Crippen molar-refractivity contribution in [2.45, 2.75) is 13.0 Å². The van der Waals surface area contributed by atoms with Crippen molar-refractivity contribution in [2.24, 2.45) is 0 Å². The van der Waals surface area contributed by atoms with Crippen molar-refractivity contribution in [1.29, 1.82) is 0 Å². The number of rotatable bonds is 3. The second kappa shape index (κ2) is 4.36. The van der Waals surface area contributed by atoms with Gasteiger partial charge in [0.25, 0.3) is 11.5 Å². The summed E-state index contributed by atoms with van der Waals surface area (Å²) in [7, 11) is 0. The molecule has 0 aliphatic heterocycles. The van der Waals surface area contributed by atoms with Crippen LogP contribution in [0.3, 0.4) is 0 Å². The topological polar surface area (TPSA) is 74.8 Å². The van der Waals surface area contributed by atoms with Crippen LogP contribution in [0.5, 0.6) is 0 Å². The maximum atomic E-state index is 11.4. The fourth-order valence-electron chi connectivity index (χ4n) is 0.811. The third-order valence-electron chi connectivity index (χ3n) is 1.62. The second-order valence-corrected chi connectivity index (χ2v) is 2.80. The molecule has 0 radical (unpaired) electrons. The number of carbonyl (C=O) groups excluding carboxylic acids is 1. The zero-order valence-electron chi connectivity index (χ0n) is 7.78. The quantitative estimate of drug-likeness (QED) is 0.667. The summed E-state index contributed by atoms with van der Waals surface area (Å²) < 4.78 is 0. The van der Waals surface area contributed by atoms with Crippen LogP contribution in [0.4, 0.5) is 0 Å². The highest BCUT2D eigenvalue weighted by atomic mass is 16.2. The third kappa shape index (κ3) is 2.55. The van der Waals surface area contributed by atoms with Gasteiger partial charge >= 0.3 is 0 Å². The molecule has 0 saturated carbocycles. The Hall–Kier alpha value is -1.91. The molecule has 1 atom stereocenters. The van der Waals surface area contributed by atoms with E-state index in [4.69, 9.17) is 0 Å². The van der Waals surface area contributed by atoms with Crippen LogP contribution in [-0.2, 0) is 0 Å². The lowest BCUT2D eigenvalue weighted by Gasteiger charge is -2.07. The van der Waals surface area contributed by atoms with Gasteiger partial charge in [0.15, 0.2) is 0 Å². The molecule has 0 aliphatic rings. The SMILES string of the molecule is C=CC(C)NC(=O)c1ccc(=O)[nH]n1. The van der Waals surface area contributed by atoms with Crippen molar-refractivity contribution >= 4 is 5.91 Å². The summed E-state index contributed by atoms with van der Waals surface area (Å²) in [5.74, 6) is -0.339. The summed E-state index contributed by atoms with van der Waals surface area (Å²) in [6.07, 6.45) is 1.60. The number of nitrogens with one attached hydrogen (secondary N) is 2. The largest absolute Gasteiger partial charge is 0.345 e. The lowest BCUT2D eigenvalue weighted by molar-refractivity contribution is 0.0941. The minimum atomic E-state index is -0.339. The molecule has 0 fully saturated rings. The maximum Gasteiger partial charge on any atom is 0.272 e. The third-order valence-corrected chi connectivity index (χ3v) is 1.62. The molecule has 5 nitrogen and oxygen atoms in total. The molecule has 74 valence electrons. The Kier molecular flexibility index (Phi) is 3.17. The van der Waals surface area contributed by atoms with E-state index in [2.05, 4.69) is 22.1 Å². The van der Waals surface area contributed by atoms with Crippen LogP contribution < -0.4 is 10.9 Å². The average molecular weight is 193 g/mol. The normalized spacial score (nSPS) is 11.8. The van der Waals surface area contributed by atoms with Gasteiger partial charge in [-0.25, -0.2) is 5.10 Å². The predicted octanol–water partition coefficient (Wildman–Crippen LogP) is 0.0742. The van der Waals surface area contributed by atoms with Crippen LogP contribution in [-0.4, -0.2) is 22.1 Å². The van der Waals surface area contributed by atoms with Crippen molar-refractivity contribution < 1.29 is 4.79 Å². The maximum absolute atomic E-state index is 11.4. The van der Waals surface area contributed by atoms with Crippen molar-refractivity contribution in [2.75, 3.05) is 0 Å². The molecule has 2 N–H and O–H groups in total. The Morgan fingerprint density at radius 2 is 2.43 bits per heavy atom. The molecular weight excluding hydrogens is 182 g/mol. The van der Waals surface area contributed by atoms with Gasteiger partial charge in [-0.1, -0.05) is 6.08 Å². The molecular formula is C9H11N3O2. The Morgan fingerprint density at radius 3 is 2.93 bits per heavy atom. The van der Waals surface area contributed by atoms with Gasteiger partial charge in [-0.2, -0.15) is 5.10 Å². The summed E-state index contributed by atoms with van der Waals surface area (Å²) in [6.45, 7) is 5.32. The highest BCUT2D eigenvalue weighted by Crippen LogP contribution is 1.90. The fraction of sp³-hybridized carbons (Fsp3) is 0.222. The van der Waals surface area contributed by atoms with Crippen LogP contribution in [0, 0.1) is 0 Å². The van der Waals surface area contributed by atoms with Crippen molar-refractivity contribution in [3.63, 3.8) is 0 Å². The molecule has 1 unspecified atom stereocenters. The lowest BCUT2D eigenvalue weighted by Crippen LogP contribution is -2.32. The number of carbonyl (C=O) groups is 1. The first-order valence-electron chi connectivity index (χ1n) is 4.12. The van der Waals surface area contributed by atoms with Gasteiger partial charge in [-0.3, -0.25) is 9.59 Å². The highest BCUT2D eigenvalue weighted by molar-refractivity contribution is 5.92. The van der Waals surface area contributed by atoms with E-state index in [0.717, 1.165) is 0 Å². The smallest absolute Gasteiger partial charge is 0.272 e. The lowest BCUT2D eigenvalue weighted by atomic mass is 10.3. The van der Waals surface area contributed by atoms with Gasteiger partial charge < -0.3 is 5.32 Å². The first kappa shape index (κ1) is 10.2. The molecule has 0 saturated heterocycles. The number of H-pyrrole nitrogens is 1. The van der Waals surface area contributed by atoms with Crippen LogP contribution in [0.1, 0.15) is 17.4 Å². The summed E-state index contributed by atoms with van der Waals surface area (Å²) >= 11 is 0. The number of hydrogen-bond acceptors (Lipinski definition) is 3. The van der Waals surface area contributed by atoms with E-state index in [0.29, 0.717) is 0 Å². The molecule has 1 rings (SSSR count). The van der Waals surface area contributed by atoms with E-state index in [9.17, 15) is 9.59 Å². The van der Waals surface area contributed by atoms with Gasteiger partial charge in [0.1, 0.15) is 5.69 Å². The van der Waals surface area contributed by atoms with Gasteiger partial charge in [-0.05, 0) is 13.0 Å². The van der Waals surface area contributed by atoms with Gasteiger partial charge in [0, 0.05) is 12.1 Å².